The van der Waals surface area contributed by atoms with Crippen LogP contribution in [0.1, 0.15) is 31.1 Å². The monoisotopic (exact) mass is 278 g/mol. The van der Waals surface area contributed by atoms with E-state index in [2.05, 4.69) is 24.8 Å². The van der Waals surface area contributed by atoms with Crippen LogP contribution in [0, 0.1) is 11.3 Å². The Morgan fingerprint density at radius 1 is 1.37 bits per heavy atom. The van der Waals surface area contributed by atoms with Gasteiger partial charge >= 0.3 is 0 Å². The molecular formula is C15H22N2OS. The summed E-state index contributed by atoms with van der Waals surface area (Å²) in [5, 5.41) is 18.9. The smallest absolute Gasteiger partial charge is 0.0991 e. The Labute approximate surface area is 120 Å². The van der Waals surface area contributed by atoms with E-state index in [-0.39, 0.29) is 0 Å². The number of nitrogens with zero attached hydrogens (tertiary/aromatic N) is 2. The van der Waals surface area contributed by atoms with Crippen LogP contribution >= 0.6 is 11.8 Å². The van der Waals surface area contributed by atoms with Gasteiger partial charge in [-0.25, -0.2) is 0 Å². The summed E-state index contributed by atoms with van der Waals surface area (Å²) in [7, 11) is 2.04. The quantitative estimate of drug-likeness (QED) is 0.833. The Kier molecular flexibility index (Phi) is 6.93. The van der Waals surface area contributed by atoms with Gasteiger partial charge in [0.15, 0.2) is 0 Å². The molecule has 0 aromatic heterocycles. The van der Waals surface area contributed by atoms with Crippen molar-refractivity contribution in [1.29, 1.82) is 5.26 Å². The van der Waals surface area contributed by atoms with Crippen molar-refractivity contribution < 1.29 is 5.11 Å². The average Bonchev–Trinajstić information content (AvgIpc) is 2.44. The van der Waals surface area contributed by atoms with Crippen LogP contribution in [-0.2, 0) is 0 Å². The predicted molar refractivity (Wildman–Crippen MR) is 81.2 cm³/mol. The van der Waals surface area contributed by atoms with E-state index in [9.17, 15) is 5.11 Å². The molecule has 0 bridgehead atoms. The van der Waals surface area contributed by atoms with Crippen LogP contribution in [0.2, 0.25) is 0 Å². The fourth-order valence-corrected chi connectivity index (χ4v) is 2.58. The number of rotatable bonds is 7. The number of aliphatic hydroxyl groups excluding tert-OH is 1. The standard InChI is InChI=1S/C15H22N2OS/c1-4-19-11-12(2)17(3)10-15(18)14-7-5-13(9-16)6-8-14/h5-8,12,15,18H,4,10-11H2,1-3H3. The molecule has 0 amide bonds. The van der Waals surface area contributed by atoms with Crippen molar-refractivity contribution in [3.05, 3.63) is 35.4 Å². The third-order valence-corrected chi connectivity index (χ3v) is 4.33. The second-order valence-electron chi connectivity index (χ2n) is 4.70. The lowest BCUT2D eigenvalue weighted by Gasteiger charge is -2.26. The molecule has 0 aliphatic rings. The van der Waals surface area contributed by atoms with E-state index in [1.807, 2.05) is 30.9 Å². The first-order chi connectivity index (χ1) is 9.08. The van der Waals surface area contributed by atoms with Crippen LogP contribution in [-0.4, -0.2) is 41.1 Å². The molecule has 0 saturated carbocycles. The molecule has 0 fully saturated rings. The van der Waals surface area contributed by atoms with E-state index in [1.54, 1.807) is 12.1 Å². The van der Waals surface area contributed by atoms with Gasteiger partial charge in [-0.1, -0.05) is 19.1 Å². The highest BCUT2D eigenvalue weighted by Gasteiger charge is 2.15. The molecule has 0 heterocycles. The maximum Gasteiger partial charge on any atom is 0.0991 e. The first kappa shape index (κ1) is 16.0. The van der Waals surface area contributed by atoms with E-state index in [0.717, 1.165) is 17.1 Å². The van der Waals surface area contributed by atoms with Crippen LogP contribution in [0.15, 0.2) is 24.3 Å². The molecule has 0 aliphatic heterocycles. The van der Waals surface area contributed by atoms with E-state index in [1.165, 1.54) is 0 Å². The number of hydrogen-bond donors (Lipinski definition) is 1. The van der Waals surface area contributed by atoms with Crippen LogP contribution in [0.5, 0.6) is 0 Å². The Morgan fingerprint density at radius 3 is 2.53 bits per heavy atom. The van der Waals surface area contributed by atoms with Gasteiger partial charge in [0.05, 0.1) is 17.7 Å². The third kappa shape index (κ3) is 5.23. The minimum Gasteiger partial charge on any atom is -0.387 e. The van der Waals surface area contributed by atoms with Crippen LogP contribution < -0.4 is 0 Å². The summed E-state index contributed by atoms with van der Waals surface area (Å²) in [6.45, 7) is 4.94. The second-order valence-corrected chi connectivity index (χ2v) is 6.02. The number of aliphatic hydroxyl groups is 1. The number of likely N-dealkylation sites (N-methyl/N-ethyl adjacent to an activating group) is 1. The number of nitriles is 1. The zero-order valence-corrected chi connectivity index (χ0v) is 12.7. The Hall–Kier alpha value is -1.02. The predicted octanol–water partition coefficient (Wildman–Crippen LogP) is 2.67. The highest BCUT2D eigenvalue weighted by molar-refractivity contribution is 7.99. The molecule has 104 valence electrons. The van der Waals surface area contributed by atoms with E-state index in [4.69, 9.17) is 5.26 Å². The minimum absolute atomic E-state index is 0.443. The van der Waals surface area contributed by atoms with Gasteiger partial charge in [-0.2, -0.15) is 17.0 Å². The molecule has 19 heavy (non-hydrogen) atoms. The van der Waals surface area contributed by atoms with Gasteiger partial charge in [0.2, 0.25) is 0 Å². The molecule has 1 aromatic rings. The van der Waals surface area contributed by atoms with Crippen molar-refractivity contribution in [2.45, 2.75) is 26.0 Å². The Bertz CT molecular complexity index is 413. The fourth-order valence-electron chi connectivity index (χ4n) is 1.75. The summed E-state index contributed by atoms with van der Waals surface area (Å²) in [5.41, 5.74) is 1.48. The lowest BCUT2D eigenvalue weighted by atomic mass is 10.1. The fraction of sp³-hybridized carbons (Fsp3) is 0.533. The Morgan fingerprint density at radius 2 is 2.00 bits per heavy atom. The third-order valence-electron chi connectivity index (χ3n) is 3.20. The average molecular weight is 278 g/mol. The lowest BCUT2D eigenvalue weighted by Crippen LogP contribution is -2.34. The second kappa shape index (κ2) is 8.21. The van der Waals surface area contributed by atoms with Crippen molar-refractivity contribution in [1.82, 2.24) is 4.90 Å². The van der Waals surface area contributed by atoms with Crippen LogP contribution in [0.25, 0.3) is 0 Å². The van der Waals surface area contributed by atoms with E-state index >= 15 is 0 Å². The molecular weight excluding hydrogens is 256 g/mol. The summed E-state index contributed by atoms with van der Waals surface area (Å²) in [4.78, 5) is 2.17. The summed E-state index contributed by atoms with van der Waals surface area (Å²) < 4.78 is 0. The molecule has 2 atom stereocenters. The molecule has 1 aromatic carbocycles. The zero-order valence-electron chi connectivity index (χ0n) is 11.8. The van der Waals surface area contributed by atoms with E-state index < -0.39 is 6.10 Å². The largest absolute Gasteiger partial charge is 0.387 e. The van der Waals surface area contributed by atoms with Gasteiger partial charge in [0, 0.05) is 18.3 Å². The van der Waals surface area contributed by atoms with Gasteiger partial charge in [0.1, 0.15) is 0 Å². The van der Waals surface area contributed by atoms with Gasteiger partial charge < -0.3 is 5.11 Å². The van der Waals surface area contributed by atoms with Gasteiger partial charge in [-0.3, -0.25) is 4.90 Å². The SMILES string of the molecule is CCSCC(C)N(C)CC(O)c1ccc(C#N)cc1. The maximum absolute atomic E-state index is 10.2. The normalized spacial score (nSPS) is 14.1. The summed E-state index contributed by atoms with van der Waals surface area (Å²) in [5.74, 6) is 2.20. The number of hydrogen-bond acceptors (Lipinski definition) is 4. The first-order valence-electron chi connectivity index (χ1n) is 6.54. The summed E-state index contributed by atoms with van der Waals surface area (Å²) >= 11 is 1.91. The van der Waals surface area contributed by atoms with Crippen molar-refractivity contribution in [3.8, 4) is 6.07 Å². The molecule has 2 unspecified atom stereocenters. The molecule has 1 N–H and O–H groups in total. The molecule has 0 spiro atoms. The topological polar surface area (TPSA) is 47.3 Å². The van der Waals surface area contributed by atoms with Crippen LogP contribution in [0.3, 0.4) is 0 Å². The molecule has 4 heteroatoms. The van der Waals surface area contributed by atoms with Crippen LogP contribution in [0.4, 0.5) is 0 Å². The molecule has 3 nitrogen and oxygen atoms in total. The molecule has 0 radical (unpaired) electrons. The van der Waals surface area contributed by atoms with Gasteiger partial charge in [-0.05, 0) is 37.4 Å². The molecule has 0 saturated heterocycles. The summed E-state index contributed by atoms with van der Waals surface area (Å²) in [6, 6.07) is 9.66. The molecule has 0 aliphatic carbocycles. The maximum atomic E-state index is 10.2. The minimum atomic E-state index is -0.508. The highest BCUT2D eigenvalue weighted by atomic mass is 32.2. The lowest BCUT2D eigenvalue weighted by molar-refractivity contribution is 0.113. The number of thioether (sulfide) groups is 1. The van der Waals surface area contributed by atoms with Crippen molar-refractivity contribution >= 4 is 11.8 Å². The summed E-state index contributed by atoms with van der Waals surface area (Å²) in [6.07, 6.45) is -0.508. The van der Waals surface area contributed by atoms with Gasteiger partial charge in [-0.15, -0.1) is 0 Å². The highest BCUT2D eigenvalue weighted by Crippen LogP contribution is 2.16. The zero-order chi connectivity index (χ0) is 14.3. The molecule has 1 rings (SSSR count). The van der Waals surface area contributed by atoms with Crippen molar-refractivity contribution in [3.63, 3.8) is 0 Å². The van der Waals surface area contributed by atoms with Crippen molar-refractivity contribution in [2.75, 3.05) is 25.1 Å². The number of benzene rings is 1. The van der Waals surface area contributed by atoms with Crippen molar-refractivity contribution in [2.24, 2.45) is 0 Å². The Balaban J connectivity index is 2.53. The van der Waals surface area contributed by atoms with E-state index in [0.29, 0.717) is 18.2 Å². The first-order valence-corrected chi connectivity index (χ1v) is 7.70. The van der Waals surface area contributed by atoms with Gasteiger partial charge in [0.25, 0.3) is 0 Å².